The van der Waals surface area contributed by atoms with Gasteiger partial charge in [-0.3, -0.25) is 4.79 Å². The number of anilines is 1. The van der Waals surface area contributed by atoms with Crippen LogP contribution in [0.5, 0.6) is 0 Å². The van der Waals surface area contributed by atoms with Gasteiger partial charge in [0.25, 0.3) is 0 Å². The molecule has 2 amide bonds. The van der Waals surface area contributed by atoms with Gasteiger partial charge >= 0.3 is 6.09 Å². The molecular weight excluding hydrogens is 363 g/mol. The Morgan fingerprint density at radius 2 is 1.93 bits per heavy atom. The van der Waals surface area contributed by atoms with Crippen molar-refractivity contribution in [2.75, 3.05) is 11.9 Å². The van der Waals surface area contributed by atoms with Crippen LogP contribution in [-0.2, 0) is 22.6 Å². The maximum absolute atomic E-state index is 14.1. The zero-order chi connectivity index (χ0) is 20.5. The Labute approximate surface area is 163 Å². The van der Waals surface area contributed by atoms with Crippen molar-refractivity contribution in [1.29, 1.82) is 0 Å². The van der Waals surface area contributed by atoms with Crippen LogP contribution in [0.2, 0.25) is 0 Å². The summed E-state index contributed by atoms with van der Waals surface area (Å²) in [6.07, 6.45) is 0.180. The number of benzene rings is 2. The van der Waals surface area contributed by atoms with Crippen molar-refractivity contribution in [2.24, 2.45) is 0 Å². The average Bonchev–Trinajstić information content (AvgIpc) is 2.67. The van der Waals surface area contributed by atoms with Gasteiger partial charge in [0.2, 0.25) is 5.91 Å². The third-order valence-corrected chi connectivity index (χ3v) is 4.29. The first-order valence-electron chi connectivity index (χ1n) is 9.03. The summed E-state index contributed by atoms with van der Waals surface area (Å²) in [6, 6.07) is 11.7. The quantitative estimate of drug-likeness (QED) is 0.647. The lowest BCUT2D eigenvalue weighted by Crippen LogP contribution is -2.38. The summed E-state index contributed by atoms with van der Waals surface area (Å²) in [5, 5.41) is 14.7. The number of nitrogens with one attached hydrogen (secondary N) is 2. The zero-order valence-electron chi connectivity index (χ0n) is 16.0. The number of aryl methyl sites for hydroxylation is 1. The molecule has 0 aliphatic rings. The van der Waals surface area contributed by atoms with Gasteiger partial charge in [-0.2, -0.15) is 0 Å². The van der Waals surface area contributed by atoms with E-state index in [9.17, 15) is 19.1 Å². The van der Waals surface area contributed by atoms with Crippen molar-refractivity contribution >= 4 is 17.7 Å². The molecule has 0 aliphatic heterocycles. The number of carbonyl (C=O) groups is 2. The molecular formula is C21H25FN2O4. The van der Waals surface area contributed by atoms with E-state index in [4.69, 9.17) is 4.74 Å². The summed E-state index contributed by atoms with van der Waals surface area (Å²) in [5.41, 5.74) is 2.40. The van der Waals surface area contributed by atoms with E-state index in [-0.39, 0.29) is 19.1 Å². The van der Waals surface area contributed by atoms with E-state index < -0.39 is 18.0 Å². The highest BCUT2D eigenvalue weighted by Crippen LogP contribution is 2.21. The molecule has 0 radical (unpaired) electrons. The van der Waals surface area contributed by atoms with E-state index >= 15 is 0 Å². The maximum Gasteiger partial charge on any atom is 0.407 e. The van der Waals surface area contributed by atoms with E-state index in [0.717, 1.165) is 5.56 Å². The number of halogens is 1. The van der Waals surface area contributed by atoms with Crippen molar-refractivity contribution in [2.45, 2.75) is 39.3 Å². The standard InChI is InChI=1S/C21H25FN2O4/c1-14-17(10-19(11-20(14)22)23-15(2)26)8-9-18(12-25)24-21(27)28-13-16-6-4-3-5-7-16/h3-7,10-11,18,25H,8-9,12-13H2,1-2H3,(H,23,26)(H,24,27)/t18-/m0/s1. The SMILES string of the molecule is CC(=O)Nc1cc(F)c(C)c(CC[C@@H](CO)NC(=O)OCc2ccccc2)c1. The van der Waals surface area contributed by atoms with Crippen molar-refractivity contribution in [1.82, 2.24) is 5.32 Å². The summed E-state index contributed by atoms with van der Waals surface area (Å²) in [4.78, 5) is 23.1. The number of carbonyl (C=O) groups excluding carboxylic acids is 2. The lowest BCUT2D eigenvalue weighted by molar-refractivity contribution is -0.114. The third-order valence-electron chi connectivity index (χ3n) is 4.29. The molecule has 0 heterocycles. The van der Waals surface area contributed by atoms with E-state index in [2.05, 4.69) is 10.6 Å². The molecule has 3 N–H and O–H groups in total. The molecule has 1 atom stereocenters. The van der Waals surface area contributed by atoms with Gasteiger partial charge in [-0.1, -0.05) is 30.3 Å². The second kappa shape index (κ2) is 10.4. The number of hydrogen-bond acceptors (Lipinski definition) is 4. The Morgan fingerprint density at radius 1 is 1.21 bits per heavy atom. The largest absolute Gasteiger partial charge is 0.445 e. The van der Waals surface area contributed by atoms with Gasteiger partial charge in [0, 0.05) is 12.6 Å². The molecule has 150 valence electrons. The highest BCUT2D eigenvalue weighted by atomic mass is 19.1. The Hall–Kier alpha value is -2.93. The molecule has 2 aromatic rings. The smallest absolute Gasteiger partial charge is 0.407 e. The maximum atomic E-state index is 14.1. The van der Waals surface area contributed by atoms with Crippen LogP contribution in [0.15, 0.2) is 42.5 Å². The first kappa shape index (κ1) is 21.4. The second-order valence-electron chi connectivity index (χ2n) is 6.55. The summed E-state index contributed by atoms with van der Waals surface area (Å²) in [6.45, 7) is 2.86. The summed E-state index contributed by atoms with van der Waals surface area (Å²) < 4.78 is 19.2. The fourth-order valence-corrected chi connectivity index (χ4v) is 2.74. The minimum absolute atomic E-state index is 0.133. The summed E-state index contributed by atoms with van der Waals surface area (Å²) in [7, 11) is 0. The number of alkyl carbamates (subject to hydrolysis) is 1. The molecule has 0 aromatic heterocycles. The molecule has 0 bridgehead atoms. The summed E-state index contributed by atoms with van der Waals surface area (Å²) >= 11 is 0. The van der Waals surface area contributed by atoms with Gasteiger partial charge in [0.05, 0.1) is 12.6 Å². The molecule has 0 saturated carbocycles. The minimum Gasteiger partial charge on any atom is -0.445 e. The van der Waals surface area contributed by atoms with Crippen molar-refractivity contribution in [3.8, 4) is 0 Å². The van der Waals surface area contributed by atoms with Gasteiger partial charge in [0.1, 0.15) is 12.4 Å². The van der Waals surface area contributed by atoms with Crippen LogP contribution < -0.4 is 10.6 Å². The number of ether oxygens (including phenoxy) is 1. The van der Waals surface area contributed by atoms with Gasteiger partial charge in [0.15, 0.2) is 0 Å². The predicted octanol–water partition coefficient (Wildman–Crippen LogP) is 3.31. The normalized spacial score (nSPS) is 11.6. The van der Waals surface area contributed by atoms with Crippen LogP contribution in [0, 0.1) is 12.7 Å². The lowest BCUT2D eigenvalue weighted by atomic mass is 10.00. The highest BCUT2D eigenvalue weighted by molar-refractivity contribution is 5.88. The Kier molecular flexibility index (Phi) is 7.95. The molecule has 28 heavy (non-hydrogen) atoms. The highest BCUT2D eigenvalue weighted by Gasteiger charge is 2.15. The van der Waals surface area contributed by atoms with Crippen LogP contribution >= 0.6 is 0 Å². The molecule has 0 unspecified atom stereocenters. The topological polar surface area (TPSA) is 87.7 Å². The van der Waals surface area contributed by atoms with E-state index in [0.29, 0.717) is 29.7 Å². The van der Waals surface area contributed by atoms with E-state index in [1.807, 2.05) is 30.3 Å². The van der Waals surface area contributed by atoms with Crippen molar-refractivity contribution in [3.63, 3.8) is 0 Å². The number of aliphatic hydroxyl groups excluding tert-OH is 1. The molecule has 2 aromatic carbocycles. The molecule has 0 saturated heterocycles. The molecule has 0 fully saturated rings. The minimum atomic E-state index is -0.627. The van der Waals surface area contributed by atoms with Crippen LogP contribution in [-0.4, -0.2) is 29.8 Å². The lowest BCUT2D eigenvalue weighted by Gasteiger charge is -2.17. The summed E-state index contributed by atoms with van der Waals surface area (Å²) in [5.74, 6) is -0.706. The fraction of sp³-hybridized carbons (Fsp3) is 0.333. The first-order chi connectivity index (χ1) is 13.4. The van der Waals surface area contributed by atoms with E-state index in [1.54, 1.807) is 13.0 Å². The molecule has 0 aliphatic carbocycles. The van der Waals surface area contributed by atoms with Crippen LogP contribution in [0.1, 0.15) is 30.0 Å². The van der Waals surface area contributed by atoms with Gasteiger partial charge in [-0.25, -0.2) is 9.18 Å². The zero-order valence-corrected chi connectivity index (χ0v) is 16.0. The number of aliphatic hydroxyl groups is 1. The monoisotopic (exact) mass is 388 g/mol. The van der Waals surface area contributed by atoms with Crippen molar-refractivity contribution in [3.05, 3.63) is 65.0 Å². The predicted molar refractivity (Wildman–Crippen MR) is 104 cm³/mol. The Balaban J connectivity index is 1.91. The fourth-order valence-electron chi connectivity index (χ4n) is 2.74. The number of amides is 2. The van der Waals surface area contributed by atoms with Gasteiger partial charge < -0.3 is 20.5 Å². The van der Waals surface area contributed by atoms with Gasteiger partial charge in [-0.15, -0.1) is 0 Å². The molecule has 7 heteroatoms. The second-order valence-corrected chi connectivity index (χ2v) is 6.55. The molecule has 0 spiro atoms. The van der Waals surface area contributed by atoms with Crippen LogP contribution in [0.3, 0.4) is 0 Å². The first-order valence-corrected chi connectivity index (χ1v) is 9.03. The van der Waals surface area contributed by atoms with Gasteiger partial charge in [-0.05, 0) is 48.6 Å². The Bertz CT molecular complexity index is 812. The van der Waals surface area contributed by atoms with Crippen LogP contribution in [0.25, 0.3) is 0 Å². The van der Waals surface area contributed by atoms with Crippen molar-refractivity contribution < 1.29 is 23.8 Å². The van der Waals surface area contributed by atoms with Crippen LogP contribution in [0.4, 0.5) is 14.9 Å². The Morgan fingerprint density at radius 3 is 2.57 bits per heavy atom. The average molecular weight is 388 g/mol. The van der Waals surface area contributed by atoms with E-state index in [1.165, 1.54) is 13.0 Å². The number of rotatable bonds is 8. The number of hydrogen-bond donors (Lipinski definition) is 3. The molecule has 2 rings (SSSR count). The third kappa shape index (κ3) is 6.66. The molecule has 6 nitrogen and oxygen atoms in total.